The lowest BCUT2D eigenvalue weighted by Crippen LogP contribution is -2.07. The highest BCUT2D eigenvalue weighted by Gasteiger charge is 2.23. The zero-order chi connectivity index (χ0) is 13.1. The van der Waals surface area contributed by atoms with E-state index in [0.717, 1.165) is 47.3 Å². The molecular formula is C15H22ClNO. The van der Waals surface area contributed by atoms with Crippen LogP contribution >= 0.6 is 11.6 Å². The van der Waals surface area contributed by atoms with Crippen molar-refractivity contribution in [3.8, 4) is 5.75 Å². The topological polar surface area (TPSA) is 35.2 Å². The fourth-order valence-electron chi connectivity index (χ4n) is 2.17. The molecule has 0 atom stereocenters. The van der Waals surface area contributed by atoms with Crippen LogP contribution in [-0.4, -0.2) is 13.2 Å². The molecule has 1 aromatic carbocycles. The first-order valence-corrected chi connectivity index (χ1v) is 7.12. The van der Waals surface area contributed by atoms with Gasteiger partial charge in [-0.15, -0.1) is 0 Å². The van der Waals surface area contributed by atoms with Crippen LogP contribution in [0.5, 0.6) is 5.75 Å². The van der Waals surface area contributed by atoms with E-state index in [-0.39, 0.29) is 0 Å². The minimum absolute atomic E-state index is 0.701. The normalized spacial score (nSPS) is 14.9. The van der Waals surface area contributed by atoms with E-state index >= 15 is 0 Å². The van der Waals surface area contributed by atoms with Crippen LogP contribution in [0.1, 0.15) is 36.0 Å². The van der Waals surface area contributed by atoms with Gasteiger partial charge in [0.1, 0.15) is 5.75 Å². The summed E-state index contributed by atoms with van der Waals surface area (Å²) >= 11 is 6.32. The number of rotatable bonds is 6. The second-order valence-corrected chi connectivity index (χ2v) is 5.63. The van der Waals surface area contributed by atoms with Crippen LogP contribution in [0.15, 0.2) is 6.07 Å². The van der Waals surface area contributed by atoms with Crippen LogP contribution in [0.3, 0.4) is 0 Å². The Balaban J connectivity index is 2.21. The van der Waals surface area contributed by atoms with Crippen molar-refractivity contribution in [2.75, 3.05) is 13.2 Å². The number of hydrogen-bond donors (Lipinski definition) is 1. The maximum absolute atomic E-state index is 6.32. The largest absolute Gasteiger partial charge is 0.493 e. The van der Waals surface area contributed by atoms with Crippen LogP contribution in [0, 0.1) is 19.8 Å². The van der Waals surface area contributed by atoms with Crippen LogP contribution in [0.25, 0.3) is 0 Å². The van der Waals surface area contributed by atoms with E-state index in [1.54, 1.807) is 0 Å². The molecule has 0 radical (unpaired) electrons. The molecule has 3 heteroatoms. The molecule has 0 aliphatic heterocycles. The van der Waals surface area contributed by atoms with E-state index in [4.69, 9.17) is 22.1 Å². The van der Waals surface area contributed by atoms with Gasteiger partial charge in [0.2, 0.25) is 0 Å². The Morgan fingerprint density at radius 3 is 2.72 bits per heavy atom. The first kappa shape index (κ1) is 13.7. The lowest BCUT2D eigenvalue weighted by atomic mass is 10.00. The minimum atomic E-state index is 0.701. The Kier molecular flexibility index (Phi) is 4.52. The molecule has 0 bridgehead atoms. The Labute approximate surface area is 114 Å². The van der Waals surface area contributed by atoms with Crippen molar-refractivity contribution in [1.82, 2.24) is 0 Å². The maximum atomic E-state index is 6.32. The van der Waals surface area contributed by atoms with E-state index in [2.05, 4.69) is 13.0 Å². The van der Waals surface area contributed by atoms with E-state index in [0.29, 0.717) is 6.54 Å². The van der Waals surface area contributed by atoms with Crippen LogP contribution in [0.4, 0.5) is 0 Å². The van der Waals surface area contributed by atoms with Gasteiger partial charge in [0.25, 0.3) is 0 Å². The van der Waals surface area contributed by atoms with Gasteiger partial charge in [0.05, 0.1) is 6.61 Å². The third-order valence-electron chi connectivity index (χ3n) is 3.58. The second-order valence-electron chi connectivity index (χ2n) is 5.26. The molecule has 2 rings (SSSR count). The fourth-order valence-corrected chi connectivity index (χ4v) is 2.34. The molecule has 2 nitrogen and oxygen atoms in total. The fraction of sp³-hybridized carbons (Fsp3) is 0.600. The Hall–Kier alpha value is -0.730. The summed E-state index contributed by atoms with van der Waals surface area (Å²) in [5.41, 5.74) is 9.08. The van der Waals surface area contributed by atoms with Gasteiger partial charge in [0, 0.05) is 5.02 Å². The van der Waals surface area contributed by atoms with Gasteiger partial charge in [-0.05, 0) is 74.8 Å². The van der Waals surface area contributed by atoms with Crippen molar-refractivity contribution in [3.05, 3.63) is 27.8 Å². The van der Waals surface area contributed by atoms with Gasteiger partial charge in [-0.25, -0.2) is 0 Å². The quantitative estimate of drug-likeness (QED) is 0.854. The van der Waals surface area contributed by atoms with Gasteiger partial charge >= 0.3 is 0 Å². The average molecular weight is 268 g/mol. The number of benzene rings is 1. The molecule has 0 unspecified atom stereocenters. The van der Waals surface area contributed by atoms with Crippen molar-refractivity contribution in [2.24, 2.45) is 11.7 Å². The molecule has 1 aliphatic carbocycles. The molecule has 100 valence electrons. The second kappa shape index (κ2) is 5.94. The molecule has 0 aromatic heterocycles. The first-order valence-electron chi connectivity index (χ1n) is 6.75. The number of aryl methyl sites for hydroxylation is 1. The summed E-state index contributed by atoms with van der Waals surface area (Å²) in [7, 11) is 0. The van der Waals surface area contributed by atoms with Crippen molar-refractivity contribution in [1.29, 1.82) is 0 Å². The highest BCUT2D eigenvalue weighted by Crippen LogP contribution is 2.35. The SMILES string of the molecule is Cc1cc(OCC2CC2)c(CCCN)c(C)c1Cl. The van der Waals surface area contributed by atoms with Gasteiger partial charge in [-0.1, -0.05) is 11.6 Å². The van der Waals surface area contributed by atoms with Crippen LogP contribution < -0.4 is 10.5 Å². The van der Waals surface area contributed by atoms with Gasteiger partial charge < -0.3 is 10.5 Å². The molecular weight excluding hydrogens is 246 g/mol. The molecule has 1 saturated carbocycles. The number of halogens is 1. The molecule has 18 heavy (non-hydrogen) atoms. The molecule has 0 saturated heterocycles. The van der Waals surface area contributed by atoms with Crippen molar-refractivity contribution < 1.29 is 4.74 Å². The zero-order valence-corrected chi connectivity index (χ0v) is 12.0. The summed E-state index contributed by atoms with van der Waals surface area (Å²) in [6, 6.07) is 2.07. The smallest absolute Gasteiger partial charge is 0.123 e. The van der Waals surface area contributed by atoms with Crippen molar-refractivity contribution >= 4 is 11.6 Å². The summed E-state index contributed by atoms with van der Waals surface area (Å²) in [4.78, 5) is 0. The Morgan fingerprint density at radius 2 is 2.11 bits per heavy atom. The summed E-state index contributed by atoms with van der Waals surface area (Å²) in [5.74, 6) is 1.78. The number of nitrogens with two attached hydrogens (primary N) is 1. The van der Waals surface area contributed by atoms with E-state index < -0.39 is 0 Å². The molecule has 1 aliphatic rings. The van der Waals surface area contributed by atoms with Crippen molar-refractivity contribution in [2.45, 2.75) is 39.5 Å². The predicted octanol–water partition coefficient (Wildman–Crippen LogP) is 3.64. The monoisotopic (exact) mass is 267 g/mol. The lowest BCUT2D eigenvalue weighted by Gasteiger charge is -2.16. The summed E-state index contributed by atoms with van der Waals surface area (Å²) in [6.45, 7) is 5.65. The highest BCUT2D eigenvalue weighted by atomic mass is 35.5. The van der Waals surface area contributed by atoms with E-state index in [9.17, 15) is 0 Å². The Bertz CT molecular complexity index is 427. The van der Waals surface area contributed by atoms with Gasteiger partial charge in [-0.2, -0.15) is 0 Å². The molecule has 0 amide bonds. The van der Waals surface area contributed by atoms with Crippen molar-refractivity contribution in [3.63, 3.8) is 0 Å². The average Bonchev–Trinajstić information content (AvgIpc) is 3.17. The highest BCUT2D eigenvalue weighted by molar-refractivity contribution is 6.32. The Morgan fingerprint density at radius 1 is 1.39 bits per heavy atom. The minimum Gasteiger partial charge on any atom is -0.493 e. The molecule has 1 aromatic rings. The third-order valence-corrected chi connectivity index (χ3v) is 4.16. The summed E-state index contributed by atoms with van der Waals surface area (Å²) in [5, 5.41) is 0.862. The zero-order valence-electron chi connectivity index (χ0n) is 11.3. The van der Waals surface area contributed by atoms with Crippen LogP contribution in [-0.2, 0) is 6.42 Å². The molecule has 0 spiro atoms. The number of ether oxygens (including phenoxy) is 1. The third kappa shape index (κ3) is 3.18. The van der Waals surface area contributed by atoms with Gasteiger partial charge in [-0.3, -0.25) is 0 Å². The lowest BCUT2D eigenvalue weighted by molar-refractivity contribution is 0.296. The standard InChI is InChI=1S/C15H22ClNO/c1-10-8-14(18-9-12-5-6-12)13(4-3-7-17)11(2)15(10)16/h8,12H,3-7,9,17H2,1-2H3. The van der Waals surface area contributed by atoms with Crippen LogP contribution in [0.2, 0.25) is 5.02 Å². The van der Waals surface area contributed by atoms with Gasteiger partial charge in [0.15, 0.2) is 0 Å². The number of hydrogen-bond acceptors (Lipinski definition) is 2. The van der Waals surface area contributed by atoms with E-state index in [1.165, 1.54) is 18.4 Å². The van der Waals surface area contributed by atoms with E-state index in [1.807, 2.05) is 6.92 Å². The molecule has 0 heterocycles. The first-order chi connectivity index (χ1) is 8.63. The summed E-state index contributed by atoms with van der Waals surface area (Å²) < 4.78 is 5.98. The molecule has 1 fully saturated rings. The summed E-state index contributed by atoms with van der Waals surface area (Å²) in [6.07, 6.45) is 4.54. The maximum Gasteiger partial charge on any atom is 0.123 e. The predicted molar refractivity (Wildman–Crippen MR) is 76.5 cm³/mol. The molecule has 2 N–H and O–H groups in total.